The van der Waals surface area contributed by atoms with Gasteiger partial charge in [0, 0.05) is 18.9 Å². The summed E-state index contributed by atoms with van der Waals surface area (Å²) in [5.41, 5.74) is 7.79. The van der Waals surface area contributed by atoms with Gasteiger partial charge in [0.15, 0.2) is 0 Å². The zero-order valence-electron chi connectivity index (χ0n) is 10.5. The van der Waals surface area contributed by atoms with Gasteiger partial charge in [0.2, 0.25) is 0 Å². The van der Waals surface area contributed by atoms with E-state index in [1.165, 1.54) is 12.1 Å². The predicted octanol–water partition coefficient (Wildman–Crippen LogP) is 3.07. The molecule has 0 saturated carbocycles. The van der Waals surface area contributed by atoms with Crippen LogP contribution in [-0.2, 0) is 7.05 Å². The van der Waals surface area contributed by atoms with Gasteiger partial charge >= 0.3 is 0 Å². The van der Waals surface area contributed by atoms with Crippen molar-refractivity contribution >= 4 is 33.2 Å². The van der Waals surface area contributed by atoms with Crippen LogP contribution in [0.2, 0.25) is 0 Å². The highest BCUT2D eigenvalue weighted by Gasteiger charge is 2.13. The normalized spacial score (nSPS) is 10.5. The van der Waals surface area contributed by atoms with Crippen molar-refractivity contribution in [2.24, 2.45) is 7.05 Å². The lowest BCUT2D eigenvalue weighted by Gasteiger charge is -2.10. The second-order valence-corrected chi connectivity index (χ2v) is 5.16. The summed E-state index contributed by atoms with van der Waals surface area (Å²) in [6.07, 6.45) is 1.66. The molecule has 0 spiro atoms. The molecule has 2 aromatic rings. The first-order valence-corrected chi connectivity index (χ1v) is 6.36. The maximum atomic E-state index is 13.3. The third-order valence-electron chi connectivity index (χ3n) is 2.77. The molecule has 0 aliphatic carbocycles. The standard InChI is InChI=1S/C13H13BrFN3O/c1-7-3-10(15)9(14)5-11(7)17-13(19)12-4-8(16)6-18(12)2/h3-6H,16H2,1-2H3,(H,17,19). The Bertz CT molecular complexity index is 652. The van der Waals surface area contributed by atoms with Crippen molar-refractivity contribution in [1.29, 1.82) is 0 Å². The van der Waals surface area contributed by atoms with Crippen molar-refractivity contribution in [3.8, 4) is 0 Å². The Kier molecular flexibility index (Phi) is 3.61. The number of rotatable bonds is 2. The third-order valence-corrected chi connectivity index (χ3v) is 3.38. The number of aryl methyl sites for hydroxylation is 2. The molecular weight excluding hydrogens is 313 g/mol. The molecule has 0 aliphatic heterocycles. The minimum absolute atomic E-state index is 0.291. The zero-order valence-corrected chi connectivity index (χ0v) is 12.1. The van der Waals surface area contributed by atoms with Gasteiger partial charge in [-0.2, -0.15) is 0 Å². The SMILES string of the molecule is Cc1cc(F)c(Br)cc1NC(=O)c1cc(N)cn1C. The van der Waals surface area contributed by atoms with Crippen molar-refractivity contribution in [3.63, 3.8) is 0 Å². The van der Waals surface area contributed by atoms with E-state index < -0.39 is 0 Å². The minimum Gasteiger partial charge on any atom is -0.397 e. The molecule has 2 rings (SSSR count). The number of nitrogens with two attached hydrogens (primary N) is 1. The molecule has 0 aliphatic rings. The van der Waals surface area contributed by atoms with Gasteiger partial charge in [-0.3, -0.25) is 4.79 Å². The van der Waals surface area contributed by atoms with Gasteiger partial charge in [-0.15, -0.1) is 0 Å². The monoisotopic (exact) mass is 325 g/mol. The van der Waals surface area contributed by atoms with Crippen LogP contribution in [0.15, 0.2) is 28.9 Å². The molecule has 0 saturated heterocycles. The summed E-state index contributed by atoms with van der Waals surface area (Å²) < 4.78 is 15.2. The summed E-state index contributed by atoms with van der Waals surface area (Å²) >= 11 is 3.09. The molecule has 100 valence electrons. The highest BCUT2D eigenvalue weighted by Crippen LogP contribution is 2.24. The molecule has 0 atom stereocenters. The Balaban J connectivity index is 2.29. The Morgan fingerprint density at radius 1 is 1.42 bits per heavy atom. The fourth-order valence-electron chi connectivity index (χ4n) is 1.78. The van der Waals surface area contributed by atoms with Crippen LogP contribution in [0.5, 0.6) is 0 Å². The first-order chi connectivity index (χ1) is 8.88. The fourth-order valence-corrected chi connectivity index (χ4v) is 2.13. The van der Waals surface area contributed by atoms with Gasteiger partial charge in [0.05, 0.1) is 10.2 Å². The topological polar surface area (TPSA) is 60.1 Å². The Hall–Kier alpha value is -1.82. The van der Waals surface area contributed by atoms with Crippen molar-refractivity contribution in [3.05, 3.63) is 45.9 Å². The fraction of sp³-hybridized carbons (Fsp3) is 0.154. The van der Waals surface area contributed by atoms with Gasteiger partial charge in [0.1, 0.15) is 11.5 Å². The number of hydrogen-bond acceptors (Lipinski definition) is 2. The van der Waals surface area contributed by atoms with Gasteiger partial charge in [-0.1, -0.05) is 0 Å². The molecule has 0 bridgehead atoms. The van der Waals surface area contributed by atoms with Crippen LogP contribution >= 0.6 is 15.9 Å². The van der Waals surface area contributed by atoms with Crippen molar-refractivity contribution < 1.29 is 9.18 Å². The van der Waals surface area contributed by atoms with Crippen molar-refractivity contribution in [2.75, 3.05) is 11.1 Å². The molecule has 0 radical (unpaired) electrons. The number of nitrogens with zero attached hydrogens (tertiary/aromatic N) is 1. The van der Waals surface area contributed by atoms with E-state index >= 15 is 0 Å². The van der Waals surface area contributed by atoms with Gasteiger partial charge in [-0.05, 0) is 46.6 Å². The van der Waals surface area contributed by atoms with Crippen LogP contribution in [0.1, 0.15) is 16.1 Å². The Morgan fingerprint density at radius 3 is 2.68 bits per heavy atom. The number of carbonyl (C=O) groups is 1. The number of hydrogen-bond donors (Lipinski definition) is 2. The molecule has 1 aromatic carbocycles. The smallest absolute Gasteiger partial charge is 0.272 e. The summed E-state index contributed by atoms with van der Waals surface area (Å²) in [6.45, 7) is 1.73. The second kappa shape index (κ2) is 5.05. The molecule has 1 amide bonds. The average molecular weight is 326 g/mol. The Morgan fingerprint density at radius 2 is 2.11 bits per heavy atom. The number of nitrogens with one attached hydrogen (secondary N) is 1. The maximum Gasteiger partial charge on any atom is 0.272 e. The summed E-state index contributed by atoms with van der Waals surface area (Å²) in [6, 6.07) is 4.48. The van der Waals surface area contributed by atoms with Crippen LogP contribution in [-0.4, -0.2) is 10.5 Å². The quantitative estimate of drug-likeness (QED) is 0.891. The second-order valence-electron chi connectivity index (χ2n) is 4.30. The van der Waals surface area contributed by atoms with Crippen LogP contribution in [0.4, 0.5) is 15.8 Å². The Labute approximate surface area is 118 Å². The molecule has 1 aromatic heterocycles. The molecule has 1 heterocycles. The van der Waals surface area contributed by atoms with Crippen LogP contribution in [0.3, 0.4) is 0 Å². The number of carbonyl (C=O) groups excluding carboxylic acids is 1. The van der Waals surface area contributed by atoms with E-state index in [9.17, 15) is 9.18 Å². The van der Waals surface area contributed by atoms with Gasteiger partial charge in [-0.25, -0.2) is 4.39 Å². The largest absolute Gasteiger partial charge is 0.397 e. The third kappa shape index (κ3) is 2.78. The number of halogens is 2. The molecule has 0 unspecified atom stereocenters. The number of aromatic nitrogens is 1. The summed E-state index contributed by atoms with van der Waals surface area (Å²) in [4.78, 5) is 12.1. The molecule has 19 heavy (non-hydrogen) atoms. The van der Waals surface area contributed by atoms with E-state index in [1.807, 2.05) is 0 Å². The van der Waals surface area contributed by atoms with E-state index in [4.69, 9.17) is 5.73 Å². The van der Waals surface area contributed by atoms with Crippen molar-refractivity contribution in [1.82, 2.24) is 4.57 Å². The predicted molar refractivity (Wildman–Crippen MR) is 76.6 cm³/mol. The number of nitrogen functional groups attached to an aromatic ring is 1. The number of benzene rings is 1. The lowest BCUT2D eigenvalue weighted by atomic mass is 10.2. The maximum absolute atomic E-state index is 13.3. The number of amides is 1. The molecule has 3 N–H and O–H groups in total. The molecule has 6 heteroatoms. The highest BCUT2D eigenvalue weighted by molar-refractivity contribution is 9.10. The lowest BCUT2D eigenvalue weighted by Crippen LogP contribution is -2.16. The highest BCUT2D eigenvalue weighted by atomic mass is 79.9. The summed E-state index contributed by atoms with van der Waals surface area (Å²) in [5, 5.41) is 2.74. The van der Waals surface area contributed by atoms with E-state index in [0.29, 0.717) is 27.1 Å². The molecular formula is C13H13BrFN3O. The first-order valence-electron chi connectivity index (χ1n) is 5.57. The van der Waals surface area contributed by atoms with Crippen LogP contribution in [0.25, 0.3) is 0 Å². The average Bonchev–Trinajstić information content (AvgIpc) is 2.65. The van der Waals surface area contributed by atoms with Crippen LogP contribution in [0, 0.1) is 12.7 Å². The first kappa shape index (κ1) is 13.6. The van der Waals surface area contributed by atoms with E-state index in [-0.39, 0.29) is 11.7 Å². The van der Waals surface area contributed by atoms with E-state index in [0.717, 1.165) is 0 Å². The zero-order chi connectivity index (χ0) is 14.2. The van der Waals surface area contributed by atoms with Gasteiger partial charge in [0.25, 0.3) is 5.91 Å². The van der Waals surface area contributed by atoms with Gasteiger partial charge < -0.3 is 15.6 Å². The minimum atomic E-state index is -0.362. The summed E-state index contributed by atoms with van der Waals surface area (Å²) in [5.74, 6) is -0.653. The molecule has 4 nitrogen and oxygen atoms in total. The van der Waals surface area contributed by atoms with Crippen molar-refractivity contribution in [2.45, 2.75) is 6.92 Å². The lowest BCUT2D eigenvalue weighted by molar-refractivity contribution is 0.101. The van der Waals surface area contributed by atoms with Crippen LogP contribution < -0.4 is 11.1 Å². The van der Waals surface area contributed by atoms with E-state index in [2.05, 4.69) is 21.2 Å². The van der Waals surface area contributed by atoms with E-state index in [1.54, 1.807) is 30.8 Å². The number of anilines is 2. The molecule has 0 fully saturated rings. The summed E-state index contributed by atoms with van der Waals surface area (Å²) in [7, 11) is 1.73.